The molecule has 1 N–H and O–H groups in total. The minimum atomic E-state index is -4.40. The second-order valence-electron chi connectivity index (χ2n) is 6.50. The Morgan fingerprint density at radius 3 is 2.07 bits per heavy atom. The van der Waals surface area contributed by atoms with Gasteiger partial charge in [-0.05, 0) is 49.2 Å². The summed E-state index contributed by atoms with van der Waals surface area (Å²) in [6.45, 7) is 0.942. The zero-order valence-corrected chi connectivity index (χ0v) is 14.5. The number of amides is 2. The van der Waals surface area contributed by atoms with Gasteiger partial charge in [-0.1, -0.05) is 18.2 Å². The lowest BCUT2D eigenvalue weighted by Crippen LogP contribution is -2.41. The Kier molecular flexibility index (Phi) is 5.48. The molecule has 0 unspecified atom stereocenters. The maximum absolute atomic E-state index is 12.6. The molecular weight excluding hydrogens is 357 g/mol. The average Bonchev–Trinajstić information content (AvgIpc) is 2.68. The van der Waals surface area contributed by atoms with Crippen LogP contribution in [0.1, 0.15) is 28.8 Å². The van der Waals surface area contributed by atoms with Gasteiger partial charge in [0.1, 0.15) is 0 Å². The number of hydrogen-bond donors (Lipinski definition) is 1. The van der Waals surface area contributed by atoms with Crippen LogP contribution in [0.4, 0.5) is 18.9 Å². The molecule has 0 aromatic heterocycles. The SMILES string of the molecule is O=C(Nc1ccc(C(F)(F)F)cc1)C1CCN(C(=O)c2ccccc2)CC1. The van der Waals surface area contributed by atoms with Gasteiger partial charge < -0.3 is 10.2 Å². The second-order valence-corrected chi connectivity index (χ2v) is 6.50. The van der Waals surface area contributed by atoms with Crippen LogP contribution in [0.15, 0.2) is 54.6 Å². The van der Waals surface area contributed by atoms with Gasteiger partial charge in [0.25, 0.3) is 5.91 Å². The molecule has 4 nitrogen and oxygen atoms in total. The number of nitrogens with zero attached hydrogens (tertiary/aromatic N) is 1. The lowest BCUT2D eigenvalue weighted by atomic mass is 9.95. The molecule has 1 saturated heterocycles. The first-order valence-electron chi connectivity index (χ1n) is 8.67. The fourth-order valence-corrected chi connectivity index (χ4v) is 3.09. The van der Waals surface area contributed by atoms with E-state index in [1.54, 1.807) is 29.2 Å². The van der Waals surface area contributed by atoms with E-state index < -0.39 is 11.7 Å². The highest BCUT2D eigenvalue weighted by molar-refractivity contribution is 5.95. The van der Waals surface area contributed by atoms with Crippen molar-refractivity contribution < 1.29 is 22.8 Å². The van der Waals surface area contributed by atoms with Crippen LogP contribution >= 0.6 is 0 Å². The third-order valence-corrected chi connectivity index (χ3v) is 4.65. The van der Waals surface area contributed by atoms with Gasteiger partial charge in [-0.25, -0.2) is 0 Å². The molecule has 1 aliphatic heterocycles. The maximum atomic E-state index is 12.6. The smallest absolute Gasteiger partial charge is 0.339 e. The van der Waals surface area contributed by atoms with E-state index in [-0.39, 0.29) is 17.7 Å². The van der Waals surface area contributed by atoms with Crippen molar-refractivity contribution >= 4 is 17.5 Å². The van der Waals surface area contributed by atoms with Crippen molar-refractivity contribution in [2.45, 2.75) is 19.0 Å². The predicted molar refractivity (Wildman–Crippen MR) is 95.1 cm³/mol. The summed E-state index contributed by atoms with van der Waals surface area (Å²) in [5, 5.41) is 2.66. The normalized spacial score (nSPS) is 15.4. The zero-order valence-electron chi connectivity index (χ0n) is 14.5. The Hall–Kier alpha value is -2.83. The van der Waals surface area contributed by atoms with Gasteiger partial charge >= 0.3 is 6.18 Å². The van der Waals surface area contributed by atoms with Crippen LogP contribution in [0.25, 0.3) is 0 Å². The van der Waals surface area contributed by atoms with Crippen LogP contribution in [0.2, 0.25) is 0 Å². The summed E-state index contributed by atoms with van der Waals surface area (Å²) in [6, 6.07) is 13.3. The summed E-state index contributed by atoms with van der Waals surface area (Å²) in [5.41, 5.74) is 0.189. The number of hydrogen-bond acceptors (Lipinski definition) is 2. The molecule has 3 rings (SSSR count). The summed E-state index contributed by atoms with van der Waals surface area (Å²) in [5.74, 6) is -0.564. The number of benzene rings is 2. The number of piperidine rings is 1. The first-order chi connectivity index (χ1) is 12.8. The average molecular weight is 376 g/mol. The number of halogens is 3. The number of likely N-dealkylation sites (tertiary alicyclic amines) is 1. The molecule has 0 saturated carbocycles. The quantitative estimate of drug-likeness (QED) is 0.873. The van der Waals surface area contributed by atoms with Gasteiger partial charge in [-0.2, -0.15) is 13.2 Å². The number of alkyl halides is 3. The van der Waals surface area contributed by atoms with Crippen molar-refractivity contribution in [2.75, 3.05) is 18.4 Å². The highest BCUT2D eigenvalue weighted by Gasteiger charge is 2.30. The molecule has 1 fully saturated rings. The van der Waals surface area contributed by atoms with Crippen molar-refractivity contribution in [3.05, 3.63) is 65.7 Å². The number of rotatable bonds is 3. The van der Waals surface area contributed by atoms with E-state index in [1.807, 2.05) is 6.07 Å². The van der Waals surface area contributed by atoms with Gasteiger partial charge in [-0.3, -0.25) is 9.59 Å². The van der Waals surface area contributed by atoms with E-state index >= 15 is 0 Å². The van der Waals surface area contributed by atoms with Gasteiger partial charge in [0.05, 0.1) is 5.56 Å². The topological polar surface area (TPSA) is 49.4 Å². The summed E-state index contributed by atoms with van der Waals surface area (Å²) in [6.07, 6.45) is -3.36. The first-order valence-corrected chi connectivity index (χ1v) is 8.67. The van der Waals surface area contributed by atoms with Crippen LogP contribution < -0.4 is 5.32 Å². The van der Waals surface area contributed by atoms with E-state index in [1.165, 1.54) is 12.1 Å². The third kappa shape index (κ3) is 4.67. The van der Waals surface area contributed by atoms with Crippen molar-refractivity contribution in [1.29, 1.82) is 0 Å². The van der Waals surface area contributed by atoms with Crippen molar-refractivity contribution in [3.63, 3.8) is 0 Å². The summed E-state index contributed by atoms with van der Waals surface area (Å²) >= 11 is 0. The van der Waals surface area contributed by atoms with E-state index in [0.717, 1.165) is 12.1 Å². The van der Waals surface area contributed by atoms with Crippen LogP contribution in [-0.4, -0.2) is 29.8 Å². The van der Waals surface area contributed by atoms with Gasteiger partial charge in [-0.15, -0.1) is 0 Å². The van der Waals surface area contributed by atoms with Gasteiger partial charge in [0.2, 0.25) is 5.91 Å². The minimum absolute atomic E-state index is 0.0582. The van der Waals surface area contributed by atoms with Crippen LogP contribution in [-0.2, 0) is 11.0 Å². The van der Waals surface area contributed by atoms with E-state index in [9.17, 15) is 22.8 Å². The van der Waals surface area contributed by atoms with Gasteiger partial charge in [0, 0.05) is 30.3 Å². The predicted octanol–water partition coefficient (Wildman–Crippen LogP) is 4.20. The lowest BCUT2D eigenvalue weighted by molar-refractivity contribution is -0.137. The Labute approximate surface area is 155 Å². The number of nitrogens with one attached hydrogen (secondary N) is 1. The maximum Gasteiger partial charge on any atom is 0.416 e. The standard InChI is InChI=1S/C20H19F3N2O2/c21-20(22,23)16-6-8-17(9-7-16)24-18(26)14-10-12-25(13-11-14)19(27)15-4-2-1-3-5-15/h1-9,14H,10-13H2,(H,24,26). The second kappa shape index (κ2) is 7.82. The van der Waals surface area contributed by atoms with Crippen LogP contribution in [0, 0.1) is 5.92 Å². The van der Waals surface area contributed by atoms with Crippen LogP contribution in [0.3, 0.4) is 0 Å². The monoisotopic (exact) mass is 376 g/mol. The fraction of sp³-hybridized carbons (Fsp3) is 0.300. The number of carbonyl (C=O) groups excluding carboxylic acids is 2. The number of anilines is 1. The minimum Gasteiger partial charge on any atom is -0.339 e. The molecule has 27 heavy (non-hydrogen) atoms. The van der Waals surface area contributed by atoms with Crippen molar-refractivity contribution in [2.24, 2.45) is 5.92 Å². The molecule has 2 aromatic carbocycles. The van der Waals surface area contributed by atoms with Crippen molar-refractivity contribution in [1.82, 2.24) is 4.90 Å². The molecule has 7 heteroatoms. The largest absolute Gasteiger partial charge is 0.416 e. The highest BCUT2D eigenvalue weighted by Crippen LogP contribution is 2.30. The van der Waals surface area contributed by atoms with E-state index in [2.05, 4.69) is 5.32 Å². The molecular formula is C20H19F3N2O2. The Balaban J connectivity index is 1.53. The lowest BCUT2D eigenvalue weighted by Gasteiger charge is -2.31. The van der Waals surface area contributed by atoms with Crippen LogP contribution in [0.5, 0.6) is 0 Å². The molecule has 1 heterocycles. The third-order valence-electron chi connectivity index (χ3n) is 4.65. The van der Waals surface area contributed by atoms with Gasteiger partial charge in [0.15, 0.2) is 0 Å². The fourth-order valence-electron chi connectivity index (χ4n) is 3.09. The molecule has 0 bridgehead atoms. The zero-order chi connectivity index (χ0) is 19.4. The summed E-state index contributed by atoms with van der Waals surface area (Å²) in [4.78, 5) is 26.5. The molecule has 0 aliphatic carbocycles. The summed E-state index contributed by atoms with van der Waals surface area (Å²) < 4.78 is 37.7. The molecule has 2 amide bonds. The molecule has 0 spiro atoms. The molecule has 0 atom stereocenters. The molecule has 2 aromatic rings. The van der Waals surface area contributed by atoms with E-state index in [4.69, 9.17) is 0 Å². The summed E-state index contributed by atoms with van der Waals surface area (Å²) in [7, 11) is 0. The van der Waals surface area contributed by atoms with E-state index in [0.29, 0.717) is 37.2 Å². The Morgan fingerprint density at radius 2 is 1.52 bits per heavy atom. The Morgan fingerprint density at radius 1 is 0.926 bits per heavy atom. The van der Waals surface area contributed by atoms with Crippen molar-refractivity contribution in [3.8, 4) is 0 Å². The molecule has 1 aliphatic rings. The number of carbonyl (C=O) groups is 2. The Bertz CT molecular complexity index is 796. The molecule has 142 valence electrons. The first kappa shape index (κ1) is 18.9. The molecule has 0 radical (unpaired) electrons. The highest BCUT2D eigenvalue weighted by atomic mass is 19.4.